The third-order valence-electron chi connectivity index (χ3n) is 10.1. The second-order valence-electron chi connectivity index (χ2n) is 13.4. The number of rotatable bonds is 4. The molecule has 0 amide bonds. The minimum Gasteiger partial charge on any atom is -0.0622 e. The average molecular weight is 615 g/mol. The average Bonchev–Trinajstić information content (AvgIpc) is 3.37. The molecule has 8 aromatic carbocycles. The van der Waals surface area contributed by atoms with Gasteiger partial charge in [0.05, 0.1) is 0 Å². The third kappa shape index (κ3) is 4.58. The van der Waals surface area contributed by atoms with Crippen LogP contribution in [0.4, 0.5) is 0 Å². The van der Waals surface area contributed by atoms with Gasteiger partial charge in [0.1, 0.15) is 8.07 Å². The van der Waals surface area contributed by atoms with E-state index >= 15 is 0 Å². The van der Waals surface area contributed by atoms with Crippen molar-refractivity contribution in [3.63, 3.8) is 0 Å². The van der Waals surface area contributed by atoms with Crippen LogP contribution in [0.5, 0.6) is 0 Å². The summed E-state index contributed by atoms with van der Waals surface area (Å²) in [6, 6.07) is 63.3. The normalized spacial score (nSPS) is 14.6. The molecule has 0 aromatic heterocycles. The molecule has 222 valence electrons. The molecule has 0 bridgehead atoms. The molecule has 0 saturated heterocycles. The highest BCUT2D eigenvalue weighted by Crippen LogP contribution is 2.56. The van der Waals surface area contributed by atoms with Crippen LogP contribution in [-0.4, -0.2) is 8.07 Å². The molecule has 1 aliphatic rings. The van der Waals surface area contributed by atoms with Crippen LogP contribution >= 0.6 is 0 Å². The summed E-state index contributed by atoms with van der Waals surface area (Å²) in [7, 11) is -2.30. The first-order chi connectivity index (χ1) is 23.0. The second-order valence-corrected chi connectivity index (χ2v) is 17.6. The van der Waals surface area contributed by atoms with Gasteiger partial charge < -0.3 is 0 Å². The Morgan fingerprint density at radius 1 is 0.277 bits per heavy atom. The van der Waals surface area contributed by atoms with Crippen molar-refractivity contribution in [3.05, 3.63) is 192 Å². The van der Waals surface area contributed by atoms with Gasteiger partial charge in [0.15, 0.2) is 0 Å². The first-order valence-electron chi connectivity index (χ1n) is 16.5. The van der Waals surface area contributed by atoms with Crippen molar-refractivity contribution in [1.29, 1.82) is 0 Å². The van der Waals surface area contributed by atoms with E-state index in [1.54, 1.807) is 0 Å². The van der Waals surface area contributed by atoms with Crippen molar-refractivity contribution in [1.82, 2.24) is 0 Å². The molecule has 0 saturated carbocycles. The lowest BCUT2D eigenvalue weighted by atomic mass is 9.88. The van der Waals surface area contributed by atoms with Crippen molar-refractivity contribution in [2.75, 3.05) is 0 Å². The molecule has 0 unspecified atom stereocenters. The van der Waals surface area contributed by atoms with Crippen molar-refractivity contribution >= 4 is 72.7 Å². The summed E-state index contributed by atoms with van der Waals surface area (Å²) in [4.78, 5) is 0. The fourth-order valence-electron chi connectivity index (χ4n) is 7.99. The largest absolute Gasteiger partial charge is 0.115 e. The molecule has 8 aromatic rings. The SMILES string of the molecule is C[Si]1(C)C(c2ccc3cc4ccccc4cc3c2)=C(c2ccccc2)C(c2ccccc2)=C1c1ccc2cc3ccccc3cc2c1. The van der Waals surface area contributed by atoms with Gasteiger partial charge in [0.25, 0.3) is 0 Å². The fourth-order valence-corrected chi connectivity index (χ4v) is 11.8. The van der Waals surface area contributed by atoms with Crippen LogP contribution in [0.2, 0.25) is 13.1 Å². The van der Waals surface area contributed by atoms with Gasteiger partial charge in [-0.05, 0) is 123 Å². The van der Waals surface area contributed by atoms with Crippen LogP contribution in [0.25, 0.3) is 64.6 Å². The molecule has 0 aliphatic carbocycles. The van der Waals surface area contributed by atoms with Crippen molar-refractivity contribution < 1.29 is 0 Å². The molecular formula is C46H34Si. The van der Waals surface area contributed by atoms with E-state index in [4.69, 9.17) is 0 Å². The van der Waals surface area contributed by atoms with Gasteiger partial charge in [-0.1, -0.05) is 147 Å². The third-order valence-corrected chi connectivity index (χ3v) is 13.7. The van der Waals surface area contributed by atoms with Crippen LogP contribution in [-0.2, 0) is 0 Å². The highest BCUT2D eigenvalue weighted by Gasteiger charge is 2.43. The predicted octanol–water partition coefficient (Wildman–Crippen LogP) is 12.6. The van der Waals surface area contributed by atoms with Gasteiger partial charge in [-0.3, -0.25) is 0 Å². The van der Waals surface area contributed by atoms with Gasteiger partial charge in [-0.25, -0.2) is 0 Å². The molecule has 0 fully saturated rings. The van der Waals surface area contributed by atoms with Gasteiger partial charge >= 0.3 is 0 Å². The van der Waals surface area contributed by atoms with E-state index in [0.717, 1.165) is 0 Å². The molecule has 0 N–H and O–H groups in total. The lowest BCUT2D eigenvalue weighted by Crippen LogP contribution is -2.28. The fraction of sp³-hybridized carbons (Fsp3) is 0.0435. The molecule has 0 radical (unpaired) electrons. The van der Waals surface area contributed by atoms with Crippen LogP contribution in [0, 0.1) is 0 Å². The first-order valence-corrected chi connectivity index (χ1v) is 19.5. The van der Waals surface area contributed by atoms with Gasteiger partial charge in [0.2, 0.25) is 0 Å². The number of allylic oxidation sites excluding steroid dienone is 2. The lowest BCUT2D eigenvalue weighted by Gasteiger charge is -2.27. The Bertz CT molecular complexity index is 2390. The summed E-state index contributed by atoms with van der Waals surface area (Å²) in [6.45, 7) is 5.12. The van der Waals surface area contributed by atoms with E-state index in [1.807, 2.05) is 0 Å². The van der Waals surface area contributed by atoms with Crippen molar-refractivity contribution in [3.8, 4) is 0 Å². The zero-order valence-electron chi connectivity index (χ0n) is 26.7. The number of benzene rings is 8. The van der Waals surface area contributed by atoms with E-state index in [2.05, 4.69) is 183 Å². The van der Waals surface area contributed by atoms with E-state index in [9.17, 15) is 0 Å². The number of fused-ring (bicyclic) bond motifs is 4. The summed E-state index contributed by atoms with van der Waals surface area (Å²) in [5.41, 5.74) is 7.98. The molecule has 0 spiro atoms. The summed E-state index contributed by atoms with van der Waals surface area (Å²) in [5, 5.41) is 13.3. The predicted molar refractivity (Wildman–Crippen MR) is 207 cm³/mol. The van der Waals surface area contributed by atoms with E-state index in [1.165, 1.54) is 86.9 Å². The second kappa shape index (κ2) is 10.8. The maximum Gasteiger partial charge on any atom is 0.115 e. The molecule has 1 aliphatic heterocycles. The zero-order valence-corrected chi connectivity index (χ0v) is 27.7. The number of hydrogen-bond donors (Lipinski definition) is 0. The smallest absolute Gasteiger partial charge is 0.0622 e. The van der Waals surface area contributed by atoms with Crippen molar-refractivity contribution in [2.45, 2.75) is 13.1 Å². The molecule has 0 nitrogen and oxygen atoms in total. The molecule has 0 atom stereocenters. The van der Waals surface area contributed by atoms with Gasteiger partial charge in [-0.2, -0.15) is 0 Å². The Hall–Kier alpha value is -5.50. The molecule has 9 rings (SSSR count). The maximum atomic E-state index is 2.56. The van der Waals surface area contributed by atoms with E-state index in [0.29, 0.717) is 0 Å². The van der Waals surface area contributed by atoms with Crippen LogP contribution in [0.1, 0.15) is 22.3 Å². The first kappa shape index (κ1) is 27.8. The minimum absolute atomic E-state index is 1.28. The summed E-state index contributed by atoms with van der Waals surface area (Å²) in [5.74, 6) is 0. The van der Waals surface area contributed by atoms with Gasteiger partial charge in [0, 0.05) is 0 Å². The van der Waals surface area contributed by atoms with E-state index < -0.39 is 8.07 Å². The molecular weight excluding hydrogens is 581 g/mol. The molecule has 1 heterocycles. The monoisotopic (exact) mass is 614 g/mol. The van der Waals surface area contributed by atoms with Crippen molar-refractivity contribution in [2.24, 2.45) is 0 Å². The van der Waals surface area contributed by atoms with Crippen LogP contribution < -0.4 is 0 Å². The Morgan fingerprint density at radius 3 is 0.979 bits per heavy atom. The van der Waals surface area contributed by atoms with Crippen LogP contribution in [0.15, 0.2) is 170 Å². The Kier molecular flexibility index (Phi) is 6.38. The standard InChI is InChI=1S/C46H34Si/c1-47(2)45(39-23-21-37-25-33-17-9-11-19-35(33)27-41(37)29-39)43(31-13-5-3-6-14-31)44(32-15-7-4-8-16-32)46(47)40-24-22-38-26-34-18-10-12-20-36(34)28-42(38)30-40/h3-30H,1-2H3. The molecule has 1 heteroatoms. The minimum atomic E-state index is -2.30. The zero-order chi connectivity index (χ0) is 31.5. The summed E-state index contributed by atoms with van der Waals surface area (Å²) in [6.07, 6.45) is 0. The summed E-state index contributed by atoms with van der Waals surface area (Å²) >= 11 is 0. The topological polar surface area (TPSA) is 0 Å². The lowest BCUT2D eigenvalue weighted by molar-refractivity contribution is 1.59. The van der Waals surface area contributed by atoms with E-state index in [-0.39, 0.29) is 0 Å². The number of hydrogen-bond acceptors (Lipinski definition) is 0. The highest BCUT2D eigenvalue weighted by atomic mass is 28.3. The Morgan fingerprint density at radius 2 is 0.596 bits per heavy atom. The van der Waals surface area contributed by atoms with Gasteiger partial charge in [-0.15, -0.1) is 0 Å². The Balaban J connectivity index is 1.34. The molecule has 47 heavy (non-hydrogen) atoms. The highest BCUT2D eigenvalue weighted by molar-refractivity contribution is 7.13. The quantitative estimate of drug-likeness (QED) is 0.137. The Labute approximate surface area is 277 Å². The van der Waals surface area contributed by atoms with Crippen LogP contribution in [0.3, 0.4) is 0 Å². The maximum absolute atomic E-state index is 2.56. The summed E-state index contributed by atoms with van der Waals surface area (Å²) < 4.78 is 0.